The van der Waals surface area contributed by atoms with Gasteiger partial charge in [0.05, 0.1) is 37.1 Å². The Balaban J connectivity index is 1.94. The Labute approximate surface area is 147 Å². The van der Waals surface area contributed by atoms with Crippen LogP contribution in [0.3, 0.4) is 0 Å². The molecular weight excluding hydrogens is 324 g/mol. The highest BCUT2D eigenvalue weighted by atomic mass is 16.7. The first-order valence-corrected chi connectivity index (χ1v) is 7.96. The van der Waals surface area contributed by atoms with Gasteiger partial charge in [-0.1, -0.05) is 0 Å². The number of carbonyl (C=O) groups is 1. The minimum atomic E-state index is -0.403. The molecule has 0 spiro atoms. The number of nitrogens with zero attached hydrogens (tertiary/aromatic N) is 1. The predicted octanol–water partition coefficient (Wildman–Crippen LogP) is 1.92. The summed E-state index contributed by atoms with van der Waals surface area (Å²) in [6.07, 6.45) is -0.403. The van der Waals surface area contributed by atoms with Gasteiger partial charge in [0.15, 0.2) is 6.29 Å². The highest BCUT2D eigenvalue weighted by molar-refractivity contribution is 5.98. The Morgan fingerprint density at radius 2 is 1.96 bits per heavy atom. The minimum Gasteiger partial charge on any atom is -0.497 e. The summed E-state index contributed by atoms with van der Waals surface area (Å²) in [6.45, 7) is 2.87. The van der Waals surface area contributed by atoms with Crippen molar-refractivity contribution >= 4 is 16.8 Å². The van der Waals surface area contributed by atoms with Gasteiger partial charge < -0.3 is 24.3 Å². The van der Waals surface area contributed by atoms with E-state index in [1.807, 2.05) is 31.2 Å². The summed E-state index contributed by atoms with van der Waals surface area (Å²) >= 11 is 0. The van der Waals surface area contributed by atoms with Gasteiger partial charge in [0.25, 0.3) is 5.91 Å². The standard InChI is InChI=1S/C18H24N2O5/c1-12-15(9-13-5-6-14(22-2)10-16(13)20-12)18(21)19-7-8-25-11-17(23-3)24-4/h5-6,9-10,17H,7-8,11H2,1-4H3,(H,19,21). The largest absolute Gasteiger partial charge is 0.497 e. The number of pyridine rings is 1. The molecule has 2 rings (SSSR count). The second-order valence-corrected chi connectivity index (χ2v) is 5.41. The lowest BCUT2D eigenvalue weighted by Crippen LogP contribution is -2.29. The van der Waals surface area contributed by atoms with E-state index >= 15 is 0 Å². The summed E-state index contributed by atoms with van der Waals surface area (Å²) < 4.78 is 20.6. The number of benzene rings is 1. The van der Waals surface area contributed by atoms with Gasteiger partial charge in [0.1, 0.15) is 5.75 Å². The molecule has 25 heavy (non-hydrogen) atoms. The normalized spacial score (nSPS) is 11.1. The van der Waals surface area contributed by atoms with Crippen LogP contribution in [-0.2, 0) is 14.2 Å². The van der Waals surface area contributed by atoms with Crippen molar-refractivity contribution in [3.05, 3.63) is 35.5 Å². The molecular formula is C18H24N2O5. The van der Waals surface area contributed by atoms with Crippen LogP contribution in [0.5, 0.6) is 5.75 Å². The number of aromatic nitrogens is 1. The third kappa shape index (κ3) is 5.12. The van der Waals surface area contributed by atoms with Crippen LogP contribution in [0.15, 0.2) is 24.3 Å². The Kier molecular flexibility index (Phi) is 7.12. The third-order valence-corrected chi connectivity index (χ3v) is 3.77. The maximum absolute atomic E-state index is 12.4. The zero-order chi connectivity index (χ0) is 18.2. The Bertz CT molecular complexity index is 716. The van der Waals surface area contributed by atoms with Gasteiger partial charge in [0.2, 0.25) is 0 Å². The predicted molar refractivity (Wildman–Crippen MR) is 94.0 cm³/mol. The first-order valence-electron chi connectivity index (χ1n) is 7.96. The molecule has 1 N–H and O–H groups in total. The summed E-state index contributed by atoms with van der Waals surface area (Å²) in [7, 11) is 4.70. The summed E-state index contributed by atoms with van der Waals surface area (Å²) in [5.41, 5.74) is 2.00. The molecule has 0 unspecified atom stereocenters. The number of rotatable bonds is 9. The topological polar surface area (TPSA) is 78.9 Å². The number of methoxy groups -OCH3 is 3. The number of ether oxygens (including phenoxy) is 4. The third-order valence-electron chi connectivity index (χ3n) is 3.77. The van der Waals surface area contributed by atoms with E-state index in [0.29, 0.717) is 31.0 Å². The van der Waals surface area contributed by atoms with Gasteiger partial charge in [-0.3, -0.25) is 9.78 Å². The fraction of sp³-hybridized carbons (Fsp3) is 0.444. The van der Waals surface area contributed by atoms with Gasteiger partial charge >= 0.3 is 0 Å². The molecule has 0 saturated heterocycles. The lowest BCUT2D eigenvalue weighted by Gasteiger charge is -2.14. The van der Waals surface area contributed by atoms with Gasteiger partial charge in [-0.05, 0) is 25.1 Å². The van der Waals surface area contributed by atoms with E-state index in [0.717, 1.165) is 16.7 Å². The van der Waals surface area contributed by atoms with Gasteiger partial charge in [0, 0.05) is 32.2 Å². The molecule has 0 radical (unpaired) electrons. The van der Waals surface area contributed by atoms with Crippen molar-refractivity contribution in [3.63, 3.8) is 0 Å². The van der Waals surface area contributed by atoms with Gasteiger partial charge in [-0.25, -0.2) is 0 Å². The second-order valence-electron chi connectivity index (χ2n) is 5.41. The van der Waals surface area contributed by atoms with Crippen LogP contribution in [0.2, 0.25) is 0 Å². The molecule has 136 valence electrons. The molecule has 0 aliphatic heterocycles. The Morgan fingerprint density at radius 3 is 2.64 bits per heavy atom. The summed E-state index contributed by atoms with van der Waals surface area (Å²) in [5, 5.41) is 3.71. The molecule has 0 saturated carbocycles. The number of nitrogens with one attached hydrogen (secondary N) is 1. The van der Waals surface area contributed by atoms with E-state index in [1.165, 1.54) is 0 Å². The smallest absolute Gasteiger partial charge is 0.253 e. The van der Waals surface area contributed by atoms with E-state index in [1.54, 1.807) is 21.3 Å². The molecule has 1 amide bonds. The molecule has 2 aromatic rings. The van der Waals surface area contributed by atoms with Gasteiger partial charge in [-0.15, -0.1) is 0 Å². The maximum atomic E-state index is 12.4. The summed E-state index contributed by atoms with van der Waals surface area (Å²) in [6, 6.07) is 7.41. The number of amides is 1. The lowest BCUT2D eigenvalue weighted by atomic mass is 10.1. The van der Waals surface area contributed by atoms with E-state index in [9.17, 15) is 4.79 Å². The second kappa shape index (κ2) is 9.31. The van der Waals surface area contributed by atoms with Crippen LogP contribution in [0.25, 0.3) is 10.9 Å². The fourth-order valence-corrected chi connectivity index (χ4v) is 2.34. The highest BCUT2D eigenvalue weighted by Gasteiger charge is 2.12. The molecule has 0 fully saturated rings. The van der Waals surface area contributed by atoms with Crippen LogP contribution in [-0.4, -0.2) is 58.3 Å². The molecule has 1 aromatic carbocycles. The number of hydrogen-bond donors (Lipinski definition) is 1. The van der Waals surface area contributed by atoms with Crippen LogP contribution < -0.4 is 10.1 Å². The van der Waals surface area contributed by atoms with Crippen LogP contribution in [0.4, 0.5) is 0 Å². The van der Waals surface area contributed by atoms with Crippen molar-refractivity contribution in [2.75, 3.05) is 41.1 Å². The zero-order valence-corrected chi connectivity index (χ0v) is 15.0. The highest BCUT2D eigenvalue weighted by Crippen LogP contribution is 2.21. The van der Waals surface area contributed by atoms with E-state index < -0.39 is 6.29 Å². The fourth-order valence-electron chi connectivity index (χ4n) is 2.34. The molecule has 7 nitrogen and oxygen atoms in total. The molecule has 1 heterocycles. The molecule has 0 aliphatic rings. The quantitative estimate of drug-likeness (QED) is 0.551. The number of hydrogen-bond acceptors (Lipinski definition) is 6. The maximum Gasteiger partial charge on any atom is 0.253 e. The minimum absolute atomic E-state index is 0.179. The Morgan fingerprint density at radius 1 is 1.20 bits per heavy atom. The van der Waals surface area contributed by atoms with Crippen molar-refractivity contribution in [1.29, 1.82) is 0 Å². The van der Waals surface area contributed by atoms with Crippen molar-refractivity contribution in [3.8, 4) is 5.75 Å². The van der Waals surface area contributed by atoms with Gasteiger partial charge in [-0.2, -0.15) is 0 Å². The average Bonchev–Trinajstić information content (AvgIpc) is 2.63. The average molecular weight is 348 g/mol. The van der Waals surface area contributed by atoms with Crippen molar-refractivity contribution in [2.45, 2.75) is 13.2 Å². The lowest BCUT2D eigenvalue weighted by molar-refractivity contribution is -0.139. The molecule has 0 bridgehead atoms. The van der Waals surface area contributed by atoms with Crippen LogP contribution in [0.1, 0.15) is 16.1 Å². The zero-order valence-electron chi connectivity index (χ0n) is 15.0. The van der Waals surface area contributed by atoms with Crippen molar-refractivity contribution in [1.82, 2.24) is 10.3 Å². The Hall–Kier alpha value is -2.22. The number of aryl methyl sites for hydroxylation is 1. The van der Waals surface area contributed by atoms with Crippen LogP contribution in [0, 0.1) is 6.92 Å². The van der Waals surface area contributed by atoms with E-state index in [4.69, 9.17) is 18.9 Å². The van der Waals surface area contributed by atoms with Crippen molar-refractivity contribution < 1.29 is 23.7 Å². The molecule has 1 aromatic heterocycles. The molecule has 0 aliphatic carbocycles. The SMILES string of the molecule is COc1ccc2cc(C(=O)NCCOCC(OC)OC)c(C)nc2c1. The van der Waals surface area contributed by atoms with E-state index in [-0.39, 0.29) is 5.91 Å². The monoisotopic (exact) mass is 348 g/mol. The molecule has 0 atom stereocenters. The first kappa shape index (κ1) is 19.1. The number of carbonyl (C=O) groups excluding carboxylic acids is 1. The number of fused-ring (bicyclic) bond motifs is 1. The summed E-state index contributed by atoms with van der Waals surface area (Å²) in [4.78, 5) is 16.9. The first-order chi connectivity index (χ1) is 12.1. The van der Waals surface area contributed by atoms with Crippen molar-refractivity contribution in [2.24, 2.45) is 0 Å². The molecule has 7 heteroatoms. The van der Waals surface area contributed by atoms with E-state index in [2.05, 4.69) is 10.3 Å². The van der Waals surface area contributed by atoms with Crippen LogP contribution >= 0.6 is 0 Å². The summed E-state index contributed by atoms with van der Waals surface area (Å²) in [5.74, 6) is 0.556.